The quantitative estimate of drug-likeness (QED) is 0.493. The van der Waals surface area contributed by atoms with Crippen molar-refractivity contribution >= 4 is 19.8 Å². The van der Waals surface area contributed by atoms with Gasteiger partial charge in [-0.3, -0.25) is 0 Å². The Hall–Kier alpha value is 0.596. The van der Waals surface area contributed by atoms with Crippen molar-refractivity contribution in [1.82, 2.24) is 0 Å². The molecule has 0 aliphatic rings. The average molecular weight is 147 g/mol. The fourth-order valence-corrected chi connectivity index (χ4v) is 0.204. The third-order valence-electron chi connectivity index (χ3n) is 0.408. The Kier molecular flexibility index (Phi) is 14.9. The van der Waals surface area contributed by atoms with Crippen LogP contribution in [0.3, 0.4) is 0 Å². The first-order chi connectivity index (χ1) is 2.41. The molecule has 0 unspecified atom stereocenters. The molecule has 0 rings (SSSR count). The van der Waals surface area contributed by atoms with E-state index in [1.807, 2.05) is 13.8 Å². The molecule has 0 radical (unpaired) electrons. The maximum absolute atomic E-state index is 4.83. The molecule has 0 heterocycles. The molecule has 6 heavy (non-hydrogen) atoms. The summed E-state index contributed by atoms with van der Waals surface area (Å²) < 4.78 is 4.83. The molecule has 2 heteroatoms. The van der Waals surface area contributed by atoms with Crippen LogP contribution < -0.4 is 0 Å². The van der Waals surface area contributed by atoms with Crippen LogP contribution >= 0.6 is 0 Å². The molecule has 0 spiro atoms. The molecule has 0 aromatic carbocycles. The summed E-state index contributed by atoms with van der Waals surface area (Å²) in [7, 11) is 0. The van der Waals surface area contributed by atoms with Crippen molar-refractivity contribution in [2.45, 2.75) is 13.8 Å². The molecule has 0 bridgehead atoms. The van der Waals surface area contributed by atoms with Gasteiger partial charge < -0.3 is 4.74 Å². The maximum atomic E-state index is 4.83. The summed E-state index contributed by atoms with van der Waals surface area (Å²) in [6.45, 7) is 5.67. The van der Waals surface area contributed by atoms with E-state index in [-0.39, 0.29) is 19.8 Å². The van der Waals surface area contributed by atoms with E-state index in [0.29, 0.717) is 0 Å². The Bertz CT molecular complexity index is 15.0. The summed E-state index contributed by atoms with van der Waals surface area (Å²) in [4.78, 5) is 0. The molecular formula is C4H13GaO. The van der Waals surface area contributed by atoms with Gasteiger partial charge in [-0.15, -0.1) is 0 Å². The van der Waals surface area contributed by atoms with Crippen molar-refractivity contribution in [3.05, 3.63) is 0 Å². The van der Waals surface area contributed by atoms with Gasteiger partial charge in [0.05, 0.1) is 0 Å². The molecule has 0 saturated carbocycles. The summed E-state index contributed by atoms with van der Waals surface area (Å²) >= 11 is 0. The van der Waals surface area contributed by atoms with E-state index in [1.165, 1.54) is 0 Å². The van der Waals surface area contributed by atoms with Gasteiger partial charge in [-0.2, -0.15) is 0 Å². The molecule has 0 aliphatic heterocycles. The van der Waals surface area contributed by atoms with E-state index in [1.54, 1.807) is 0 Å². The van der Waals surface area contributed by atoms with Crippen LogP contribution in [0.15, 0.2) is 0 Å². The van der Waals surface area contributed by atoms with Crippen molar-refractivity contribution in [3.63, 3.8) is 0 Å². The molecule has 1 nitrogen and oxygen atoms in total. The van der Waals surface area contributed by atoms with Crippen molar-refractivity contribution in [2.75, 3.05) is 13.2 Å². The Morgan fingerprint density at radius 1 is 1.17 bits per heavy atom. The predicted molar refractivity (Wildman–Crippen MR) is 32.1 cm³/mol. The van der Waals surface area contributed by atoms with Gasteiger partial charge >= 0.3 is 19.8 Å². The van der Waals surface area contributed by atoms with Crippen LogP contribution in [0.5, 0.6) is 0 Å². The first-order valence-corrected chi connectivity index (χ1v) is 1.99. The van der Waals surface area contributed by atoms with Crippen molar-refractivity contribution < 1.29 is 4.74 Å². The molecule has 0 atom stereocenters. The van der Waals surface area contributed by atoms with Crippen LogP contribution in [-0.2, 0) is 4.74 Å². The van der Waals surface area contributed by atoms with Crippen LogP contribution in [0.2, 0.25) is 0 Å². The third kappa shape index (κ3) is 8.82. The summed E-state index contributed by atoms with van der Waals surface area (Å²) in [5.74, 6) is 0. The van der Waals surface area contributed by atoms with Gasteiger partial charge in [-0.25, -0.2) is 0 Å². The monoisotopic (exact) mass is 146 g/mol. The van der Waals surface area contributed by atoms with Crippen LogP contribution in [0.1, 0.15) is 13.8 Å². The molecule has 38 valence electrons. The Morgan fingerprint density at radius 2 is 1.50 bits per heavy atom. The van der Waals surface area contributed by atoms with Gasteiger partial charge in [0.2, 0.25) is 0 Å². The molecule has 0 saturated heterocycles. The number of hydrogen-bond donors (Lipinski definition) is 0. The first kappa shape index (κ1) is 9.78. The van der Waals surface area contributed by atoms with Gasteiger partial charge in [0.25, 0.3) is 0 Å². The van der Waals surface area contributed by atoms with Gasteiger partial charge in [0.15, 0.2) is 0 Å². The summed E-state index contributed by atoms with van der Waals surface area (Å²) in [6, 6.07) is 0. The minimum absolute atomic E-state index is 0. The van der Waals surface area contributed by atoms with E-state index >= 15 is 0 Å². The van der Waals surface area contributed by atoms with Crippen LogP contribution in [0.4, 0.5) is 0 Å². The number of rotatable bonds is 2. The molecule has 0 N–H and O–H groups in total. The van der Waals surface area contributed by atoms with E-state index in [0.717, 1.165) is 13.2 Å². The van der Waals surface area contributed by atoms with Crippen molar-refractivity contribution in [1.29, 1.82) is 0 Å². The SMILES string of the molecule is CCOCC.[GaH3]. The van der Waals surface area contributed by atoms with Gasteiger partial charge in [0.1, 0.15) is 0 Å². The van der Waals surface area contributed by atoms with E-state index in [2.05, 4.69) is 0 Å². The fourth-order valence-electron chi connectivity index (χ4n) is 0.204. The zero-order chi connectivity index (χ0) is 4.12. The van der Waals surface area contributed by atoms with Crippen molar-refractivity contribution in [3.8, 4) is 0 Å². The Morgan fingerprint density at radius 3 is 1.50 bits per heavy atom. The third-order valence-corrected chi connectivity index (χ3v) is 0.408. The second-order valence-electron chi connectivity index (χ2n) is 0.781. The van der Waals surface area contributed by atoms with E-state index in [9.17, 15) is 0 Å². The summed E-state index contributed by atoms with van der Waals surface area (Å²) in [5, 5.41) is 0. The zero-order valence-electron chi connectivity index (χ0n) is 3.82. The Labute approximate surface area is 52.1 Å². The zero-order valence-corrected chi connectivity index (χ0v) is 3.82. The van der Waals surface area contributed by atoms with Gasteiger partial charge in [-0.05, 0) is 13.8 Å². The van der Waals surface area contributed by atoms with Crippen LogP contribution in [-0.4, -0.2) is 33.0 Å². The topological polar surface area (TPSA) is 9.23 Å². The molecule has 0 amide bonds. The van der Waals surface area contributed by atoms with E-state index < -0.39 is 0 Å². The average Bonchev–Trinajstić information content (AvgIpc) is 1.41. The minimum atomic E-state index is 0. The molecule has 0 aliphatic carbocycles. The van der Waals surface area contributed by atoms with Gasteiger partial charge in [0, 0.05) is 13.2 Å². The molecule has 0 fully saturated rings. The van der Waals surface area contributed by atoms with E-state index in [4.69, 9.17) is 4.74 Å². The Balaban J connectivity index is 0. The molecule has 0 aromatic rings. The number of ether oxygens (including phenoxy) is 1. The fraction of sp³-hybridized carbons (Fsp3) is 1.00. The summed E-state index contributed by atoms with van der Waals surface area (Å²) in [6.07, 6.45) is 0. The molecule has 0 aromatic heterocycles. The van der Waals surface area contributed by atoms with Crippen LogP contribution in [0, 0.1) is 0 Å². The second kappa shape index (κ2) is 9.14. The summed E-state index contributed by atoms with van der Waals surface area (Å²) in [5.41, 5.74) is 0. The molecular weight excluding hydrogens is 134 g/mol. The first-order valence-electron chi connectivity index (χ1n) is 1.99. The van der Waals surface area contributed by atoms with Crippen LogP contribution in [0.25, 0.3) is 0 Å². The van der Waals surface area contributed by atoms with Crippen molar-refractivity contribution in [2.24, 2.45) is 0 Å². The number of hydrogen-bond acceptors (Lipinski definition) is 1. The predicted octanol–water partition coefficient (Wildman–Crippen LogP) is -0.141. The normalized spacial score (nSPS) is 7.00. The van der Waals surface area contributed by atoms with Gasteiger partial charge in [-0.1, -0.05) is 0 Å². The standard InChI is InChI=1S/C4H10O.Ga.3H/c1-3-5-4-2;;;;/h3-4H2,1-2H3;;;;. The second-order valence-corrected chi connectivity index (χ2v) is 0.781.